The molecule has 0 N–H and O–H groups in total. The van der Waals surface area contributed by atoms with E-state index in [1.807, 2.05) is 25.1 Å². The Hall–Kier alpha value is -1.92. The Morgan fingerprint density at radius 2 is 2.04 bits per heavy atom. The minimum absolute atomic E-state index is 0.186. The topological polar surface area (TPSA) is 52.1 Å². The van der Waals surface area contributed by atoms with Gasteiger partial charge in [-0.25, -0.2) is 9.97 Å². The number of esters is 1. The number of carbonyl (C=O) groups excluding carboxylic acids is 1. The van der Waals surface area contributed by atoms with Crippen molar-refractivity contribution >= 4 is 39.3 Å². The Morgan fingerprint density at radius 1 is 1.23 bits per heavy atom. The maximum Gasteiger partial charge on any atom is 0.319 e. The third kappa shape index (κ3) is 4.43. The summed E-state index contributed by atoms with van der Waals surface area (Å²) in [4.78, 5) is 22.0. The molecule has 6 heteroatoms. The van der Waals surface area contributed by atoms with Crippen LogP contribution in [0, 0.1) is 0 Å². The summed E-state index contributed by atoms with van der Waals surface area (Å²) in [6, 6.07) is 10.2. The molecule has 0 saturated heterocycles. The van der Waals surface area contributed by atoms with Crippen molar-refractivity contribution in [1.82, 2.24) is 9.97 Å². The van der Waals surface area contributed by atoms with E-state index in [1.54, 1.807) is 17.7 Å². The lowest BCUT2D eigenvalue weighted by molar-refractivity contribution is -0.142. The highest BCUT2D eigenvalue weighted by Gasteiger charge is 2.20. The molecule has 0 bridgehead atoms. The van der Waals surface area contributed by atoms with Gasteiger partial charge in [0.1, 0.15) is 21.4 Å². The number of hydrogen-bond donors (Lipinski definition) is 0. The summed E-state index contributed by atoms with van der Waals surface area (Å²) in [5, 5.41) is 3.64. The predicted molar refractivity (Wildman–Crippen MR) is 109 cm³/mol. The molecule has 0 aliphatic carbocycles. The highest BCUT2D eigenvalue weighted by atomic mass is 32.2. The molecular weight excluding hydrogens is 364 g/mol. The molecule has 3 rings (SSSR count). The Bertz CT molecular complexity index is 865. The summed E-state index contributed by atoms with van der Waals surface area (Å²) < 4.78 is 5.39. The highest BCUT2D eigenvalue weighted by Crippen LogP contribution is 2.38. The number of hydrogen-bond acceptors (Lipinski definition) is 6. The van der Waals surface area contributed by atoms with Gasteiger partial charge in [0.05, 0.1) is 12.0 Å². The van der Waals surface area contributed by atoms with E-state index in [1.165, 1.54) is 11.8 Å². The molecule has 0 spiro atoms. The highest BCUT2D eigenvalue weighted by molar-refractivity contribution is 8.00. The van der Waals surface area contributed by atoms with E-state index < -0.39 is 0 Å². The number of ether oxygens (including phenoxy) is 1. The summed E-state index contributed by atoms with van der Waals surface area (Å²) >= 11 is 3.04. The molecule has 1 unspecified atom stereocenters. The quantitative estimate of drug-likeness (QED) is 0.219. The molecule has 2 aromatic heterocycles. The number of aromatic nitrogens is 2. The molecule has 4 nitrogen and oxygen atoms in total. The Balaban J connectivity index is 1.80. The first kappa shape index (κ1) is 18.9. The fraction of sp³-hybridized carbons (Fsp3) is 0.350. The maximum atomic E-state index is 12.3. The molecule has 0 aliphatic rings. The van der Waals surface area contributed by atoms with Gasteiger partial charge in [-0.2, -0.15) is 0 Å². The van der Waals surface area contributed by atoms with Gasteiger partial charge in [0, 0.05) is 10.9 Å². The molecule has 0 aliphatic heterocycles. The van der Waals surface area contributed by atoms with Crippen LogP contribution in [-0.2, 0) is 9.53 Å². The van der Waals surface area contributed by atoms with Crippen molar-refractivity contribution in [3.63, 3.8) is 0 Å². The molecule has 3 aromatic rings. The molecule has 26 heavy (non-hydrogen) atoms. The van der Waals surface area contributed by atoms with E-state index in [2.05, 4.69) is 34.4 Å². The minimum atomic E-state index is -0.307. The first-order chi connectivity index (χ1) is 12.7. The number of nitrogens with zero attached hydrogens (tertiary/aromatic N) is 2. The average molecular weight is 387 g/mol. The normalized spacial score (nSPS) is 12.2. The molecule has 0 saturated carbocycles. The number of thioether (sulfide) groups is 1. The van der Waals surface area contributed by atoms with Gasteiger partial charge in [0.2, 0.25) is 0 Å². The maximum absolute atomic E-state index is 12.3. The van der Waals surface area contributed by atoms with Gasteiger partial charge in [-0.05, 0) is 18.9 Å². The van der Waals surface area contributed by atoms with Crippen LogP contribution in [-0.4, -0.2) is 27.8 Å². The van der Waals surface area contributed by atoms with Gasteiger partial charge >= 0.3 is 5.97 Å². The molecule has 136 valence electrons. The van der Waals surface area contributed by atoms with Crippen LogP contribution < -0.4 is 0 Å². The van der Waals surface area contributed by atoms with E-state index in [0.29, 0.717) is 6.61 Å². The van der Waals surface area contributed by atoms with Gasteiger partial charge in [-0.15, -0.1) is 11.3 Å². The Kier molecular flexibility index (Phi) is 6.63. The lowest BCUT2D eigenvalue weighted by Gasteiger charge is -2.12. The number of unbranched alkanes of at least 4 members (excludes halogenated alkanes) is 2. The van der Waals surface area contributed by atoms with Crippen molar-refractivity contribution in [2.75, 3.05) is 6.61 Å². The average Bonchev–Trinajstić information content (AvgIpc) is 3.11. The lowest BCUT2D eigenvalue weighted by atomic mass is 10.1. The molecule has 0 amide bonds. The Labute approximate surface area is 162 Å². The SMILES string of the molecule is CCCCCOC(=O)C(C)Sc1ncnc2scc(-c3ccccc3)c12. The fourth-order valence-electron chi connectivity index (χ4n) is 2.62. The number of benzene rings is 1. The zero-order valence-corrected chi connectivity index (χ0v) is 16.6. The molecule has 2 heterocycles. The summed E-state index contributed by atoms with van der Waals surface area (Å²) in [6.07, 6.45) is 4.67. The second-order valence-electron chi connectivity index (χ2n) is 6.01. The molecular formula is C20H22N2O2S2. The van der Waals surface area contributed by atoms with Gasteiger partial charge in [-0.1, -0.05) is 61.9 Å². The second-order valence-corrected chi connectivity index (χ2v) is 8.20. The second kappa shape index (κ2) is 9.14. The number of thiophene rings is 1. The van der Waals surface area contributed by atoms with Crippen molar-refractivity contribution in [3.8, 4) is 11.1 Å². The minimum Gasteiger partial charge on any atom is -0.465 e. The summed E-state index contributed by atoms with van der Waals surface area (Å²) in [6.45, 7) is 4.49. The van der Waals surface area contributed by atoms with E-state index in [0.717, 1.165) is 45.6 Å². The lowest BCUT2D eigenvalue weighted by Crippen LogP contribution is -2.17. The van der Waals surface area contributed by atoms with Crippen LogP contribution in [0.15, 0.2) is 47.1 Å². The van der Waals surface area contributed by atoms with Crippen LogP contribution in [0.5, 0.6) is 0 Å². The van der Waals surface area contributed by atoms with Crippen LogP contribution >= 0.6 is 23.1 Å². The summed E-state index contributed by atoms with van der Waals surface area (Å²) in [5.74, 6) is -0.186. The van der Waals surface area contributed by atoms with Crippen LogP contribution in [0.3, 0.4) is 0 Å². The van der Waals surface area contributed by atoms with Gasteiger partial charge in [0.25, 0.3) is 0 Å². The largest absolute Gasteiger partial charge is 0.465 e. The third-order valence-corrected chi connectivity index (χ3v) is 6.00. The van der Waals surface area contributed by atoms with Crippen molar-refractivity contribution < 1.29 is 9.53 Å². The number of carbonyl (C=O) groups is 1. The van der Waals surface area contributed by atoms with Crippen LogP contribution in [0.4, 0.5) is 0 Å². The zero-order valence-electron chi connectivity index (χ0n) is 15.0. The van der Waals surface area contributed by atoms with Crippen LogP contribution in [0.2, 0.25) is 0 Å². The van der Waals surface area contributed by atoms with Crippen molar-refractivity contribution in [2.24, 2.45) is 0 Å². The van der Waals surface area contributed by atoms with E-state index in [9.17, 15) is 4.79 Å². The number of rotatable bonds is 8. The monoisotopic (exact) mass is 386 g/mol. The zero-order chi connectivity index (χ0) is 18.4. The number of fused-ring (bicyclic) bond motifs is 1. The first-order valence-electron chi connectivity index (χ1n) is 8.81. The first-order valence-corrected chi connectivity index (χ1v) is 10.6. The van der Waals surface area contributed by atoms with Crippen LogP contribution in [0.1, 0.15) is 33.1 Å². The molecule has 0 fully saturated rings. The molecule has 0 radical (unpaired) electrons. The van der Waals surface area contributed by atoms with Gasteiger partial charge in [0.15, 0.2) is 0 Å². The predicted octanol–water partition coefficient (Wildman–Crippen LogP) is 5.57. The van der Waals surface area contributed by atoms with E-state index >= 15 is 0 Å². The van der Waals surface area contributed by atoms with Crippen molar-refractivity contribution in [2.45, 2.75) is 43.4 Å². The third-order valence-electron chi connectivity index (χ3n) is 4.03. The Morgan fingerprint density at radius 3 is 2.81 bits per heavy atom. The molecule has 1 aromatic carbocycles. The van der Waals surface area contributed by atoms with Crippen molar-refractivity contribution in [1.29, 1.82) is 0 Å². The van der Waals surface area contributed by atoms with Crippen LogP contribution in [0.25, 0.3) is 21.3 Å². The van der Waals surface area contributed by atoms with Gasteiger partial charge < -0.3 is 4.74 Å². The van der Waals surface area contributed by atoms with E-state index in [4.69, 9.17) is 4.74 Å². The van der Waals surface area contributed by atoms with Gasteiger partial charge in [-0.3, -0.25) is 4.79 Å². The fourth-order valence-corrected chi connectivity index (χ4v) is 4.54. The molecule has 1 atom stereocenters. The summed E-state index contributed by atoms with van der Waals surface area (Å²) in [5.41, 5.74) is 2.24. The smallest absolute Gasteiger partial charge is 0.319 e. The summed E-state index contributed by atoms with van der Waals surface area (Å²) in [7, 11) is 0. The standard InChI is InChI=1S/C20H22N2O2S2/c1-3-4-8-11-24-20(23)14(2)26-19-17-16(15-9-6-5-7-10-15)12-25-18(17)21-13-22-19/h5-7,9-10,12-14H,3-4,8,11H2,1-2H3. The van der Waals surface area contributed by atoms with Crippen molar-refractivity contribution in [3.05, 3.63) is 42.0 Å². The van der Waals surface area contributed by atoms with E-state index in [-0.39, 0.29) is 11.2 Å².